The van der Waals surface area contributed by atoms with Crippen LogP contribution in [0.1, 0.15) is 44.7 Å². The smallest absolute Gasteiger partial charge is 0.191 e. The number of hydrogen-bond donors (Lipinski definition) is 3. The highest BCUT2D eigenvalue weighted by molar-refractivity contribution is 14.0. The van der Waals surface area contributed by atoms with Gasteiger partial charge in [0.15, 0.2) is 5.96 Å². The van der Waals surface area contributed by atoms with Gasteiger partial charge in [-0.3, -0.25) is 4.99 Å². The third kappa shape index (κ3) is 4.85. The predicted molar refractivity (Wildman–Crippen MR) is 116 cm³/mol. The van der Waals surface area contributed by atoms with Crippen LogP contribution in [-0.4, -0.2) is 29.8 Å². The number of nitrogens with one attached hydrogen (secondary N) is 2. The third-order valence-corrected chi connectivity index (χ3v) is 4.80. The second-order valence-electron chi connectivity index (χ2n) is 6.71. The van der Waals surface area contributed by atoms with Gasteiger partial charge < -0.3 is 15.7 Å². The maximum atomic E-state index is 10.3. The number of benzene rings is 2. The quantitative estimate of drug-likeness (QED) is 0.365. The molecule has 1 unspecified atom stereocenters. The molecule has 0 radical (unpaired) electrons. The summed E-state index contributed by atoms with van der Waals surface area (Å²) in [7, 11) is 0. The molecule has 0 heterocycles. The first-order chi connectivity index (χ1) is 11.6. The van der Waals surface area contributed by atoms with Gasteiger partial charge in [0, 0.05) is 6.54 Å². The summed E-state index contributed by atoms with van der Waals surface area (Å²) in [6, 6.07) is 14.9. The summed E-state index contributed by atoms with van der Waals surface area (Å²) in [6.45, 7) is 5.46. The van der Waals surface area contributed by atoms with Gasteiger partial charge in [-0.05, 0) is 49.4 Å². The van der Waals surface area contributed by atoms with Crippen molar-refractivity contribution in [2.45, 2.75) is 44.8 Å². The largest absolute Gasteiger partial charge is 0.388 e. The summed E-state index contributed by atoms with van der Waals surface area (Å²) in [5.74, 6) is 0.762. The third-order valence-electron chi connectivity index (χ3n) is 4.80. The van der Waals surface area contributed by atoms with Gasteiger partial charge >= 0.3 is 0 Å². The van der Waals surface area contributed by atoms with E-state index in [1.165, 1.54) is 16.3 Å². The molecule has 0 amide bonds. The standard InChI is InChI=1S/C20H27N3O.HI/c1-3-21-19(22-14-20(24)12-7-13-20)23-15(2)17-11-6-9-16-8-4-5-10-18(16)17;/h4-6,8-11,15,24H,3,7,12-14H2,1-2H3,(H2,21,22,23);1H. The topological polar surface area (TPSA) is 56.7 Å². The molecule has 1 atom stereocenters. The van der Waals surface area contributed by atoms with Crippen LogP contribution in [0, 0.1) is 0 Å². The lowest BCUT2D eigenvalue weighted by molar-refractivity contribution is -0.0236. The number of rotatable bonds is 5. The molecule has 4 nitrogen and oxygen atoms in total. The van der Waals surface area contributed by atoms with Crippen molar-refractivity contribution in [3.63, 3.8) is 0 Å². The lowest BCUT2D eigenvalue weighted by Crippen LogP contribution is -2.43. The van der Waals surface area contributed by atoms with E-state index in [0.29, 0.717) is 6.54 Å². The van der Waals surface area contributed by atoms with Gasteiger partial charge in [0.1, 0.15) is 0 Å². The van der Waals surface area contributed by atoms with Gasteiger partial charge in [-0.15, -0.1) is 24.0 Å². The number of guanidine groups is 1. The van der Waals surface area contributed by atoms with Crippen molar-refractivity contribution in [1.29, 1.82) is 0 Å². The number of hydrogen-bond acceptors (Lipinski definition) is 2. The number of halogens is 1. The fourth-order valence-electron chi connectivity index (χ4n) is 3.20. The Kier molecular flexibility index (Phi) is 7.07. The average molecular weight is 453 g/mol. The van der Waals surface area contributed by atoms with Crippen molar-refractivity contribution in [1.82, 2.24) is 10.6 Å². The van der Waals surface area contributed by atoms with Crippen LogP contribution < -0.4 is 10.6 Å². The van der Waals surface area contributed by atoms with Crippen LogP contribution in [0.4, 0.5) is 0 Å². The van der Waals surface area contributed by atoms with Gasteiger partial charge in [0.05, 0.1) is 18.2 Å². The maximum Gasteiger partial charge on any atom is 0.191 e. The Balaban J connectivity index is 0.00000225. The first-order valence-electron chi connectivity index (χ1n) is 8.86. The van der Waals surface area contributed by atoms with Crippen molar-refractivity contribution in [2.75, 3.05) is 13.1 Å². The number of nitrogens with zero attached hydrogens (tertiary/aromatic N) is 1. The Bertz CT molecular complexity index is 722. The van der Waals surface area contributed by atoms with E-state index in [4.69, 9.17) is 0 Å². The summed E-state index contributed by atoms with van der Waals surface area (Å²) in [5.41, 5.74) is 0.659. The van der Waals surface area contributed by atoms with Crippen LogP contribution in [0.5, 0.6) is 0 Å². The SMILES string of the molecule is CCNC(=NCC1(O)CCC1)NC(C)c1cccc2ccccc12.I. The van der Waals surface area contributed by atoms with Gasteiger partial charge in [-0.1, -0.05) is 42.5 Å². The minimum absolute atomic E-state index is 0. The molecule has 2 aromatic rings. The highest BCUT2D eigenvalue weighted by atomic mass is 127. The maximum absolute atomic E-state index is 10.3. The Morgan fingerprint density at radius 1 is 1.20 bits per heavy atom. The summed E-state index contributed by atoms with van der Waals surface area (Å²) in [5, 5.41) is 19.5. The average Bonchev–Trinajstić information content (AvgIpc) is 2.57. The molecule has 3 N–H and O–H groups in total. The lowest BCUT2D eigenvalue weighted by atomic mass is 9.80. The highest BCUT2D eigenvalue weighted by Gasteiger charge is 2.34. The summed E-state index contributed by atoms with van der Waals surface area (Å²) in [6.07, 6.45) is 2.81. The monoisotopic (exact) mass is 453 g/mol. The lowest BCUT2D eigenvalue weighted by Gasteiger charge is -2.35. The molecule has 5 heteroatoms. The van der Waals surface area contributed by atoms with Crippen molar-refractivity contribution in [3.8, 4) is 0 Å². The van der Waals surface area contributed by atoms with Crippen LogP contribution in [0.25, 0.3) is 10.8 Å². The van der Waals surface area contributed by atoms with Crippen molar-refractivity contribution in [3.05, 3.63) is 48.0 Å². The van der Waals surface area contributed by atoms with E-state index in [9.17, 15) is 5.11 Å². The Hall–Kier alpha value is -1.34. The Labute approximate surface area is 167 Å². The summed E-state index contributed by atoms with van der Waals surface area (Å²) >= 11 is 0. The zero-order chi connectivity index (χ0) is 17.0. The molecule has 0 saturated heterocycles. The molecule has 0 aliphatic heterocycles. The van der Waals surface area contributed by atoms with Gasteiger partial charge in [0.25, 0.3) is 0 Å². The molecule has 0 spiro atoms. The van der Waals surface area contributed by atoms with Crippen LogP contribution >= 0.6 is 24.0 Å². The molecule has 25 heavy (non-hydrogen) atoms. The minimum Gasteiger partial charge on any atom is -0.388 e. The highest BCUT2D eigenvalue weighted by Crippen LogP contribution is 2.31. The van der Waals surface area contributed by atoms with Gasteiger partial charge in [0.2, 0.25) is 0 Å². The molecule has 0 bridgehead atoms. The van der Waals surface area contributed by atoms with Crippen molar-refractivity contribution < 1.29 is 5.11 Å². The predicted octanol–water partition coefficient (Wildman–Crippen LogP) is 3.99. The van der Waals surface area contributed by atoms with Crippen molar-refractivity contribution in [2.24, 2.45) is 4.99 Å². The van der Waals surface area contributed by atoms with E-state index < -0.39 is 5.60 Å². The van der Waals surface area contributed by atoms with Crippen LogP contribution in [0.3, 0.4) is 0 Å². The molecular formula is C20H28IN3O. The zero-order valence-corrected chi connectivity index (χ0v) is 17.3. The molecule has 0 aromatic heterocycles. The molecule has 3 rings (SSSR count). The molecule has 2 aromatic carbocycles. The fourth-order valence-corrected chi connectivity index (χ4v) is 3.20. The molecule has 1 fully saturated rings. The van der Waals surface area contributed by atoms with Crippen LogP contribution in [0.2, 0.25) is 0 Å². The Morgan fingerprint density at radius 2 is 1.92 bits per heavy atom. The Morgan fingerprint density at radius 3 is 2.60 bits per heavy atom. The second-order valence-corrected chi connectivity index (χ2v) is 6.71. The van der Waals surface area contributed by atoms with Crippen molar-refractivity contribution >= 4 is 40.7 Å². The van der Waals surface area contributed by atoms with E-state index in [1.54, 1.807) is 0 Å². The van der Waals surface area contributed by atoms with Gasteiger partial charge in [-0.25, -0.2) is 0 Å². The summed E-state index contributed by atoms with van der Waals surface area (Å²) in [4.78, 5) is 4.60. The van der Waals surface area contributed by atoms with Crippen LogP contribution in [-0.2, 0) is 0 Å². The number of fused-ring (bicyclic) bond motifs is 1. The molecular weight excluding hydrogens is 425 g/mol. The van der Waals surface area contributed by atoms with Gasteiger partial charge in [-0.2, -0.15) is 0 Å². The fraction of sp³-hybridized carbons (Fsp3) is 0.450. The first-order valence-corrected chi connectivity index (χ1v) is 8.86. The number of aliphatic hydroxyl groups is 1. The summed E-state index contributed by atoms with van der Waals surface area (Å²) < 4.78 is 0. The first kappa shape index (κ1) is 20.0. The molecule has 136 valence electrons. The minimum atomic E-state index is -0.592. The molecule has 1 aliphatic carbocycles. The second kappa shape index (κ2) is 8.85. The van der Waals surface area contributed by atoms with E-state index in [2.05, 4.69) is 71.9 Å². The molecule has 1 aliphatic rings. The van der Waals surface area contributed by atoms with Crippen LogP contribution in [0.15, 0.2) is 47.5 Å². The molecule has 1 saturated carbocycles. The zero-order valence-electron chi connectivity index (χ0n) is 15.0. The van der Waals surface area contributed by atoms with E-state index in [0.717, 1.165) is 31.8 Å². The van der Waals surface area contributed by atoms with E-state index >= 15 is 0 Å². The van der Waals surface area contributed by atoms with E-state index in [1.807, 2.05) is 0 Å². The normalized spacial score (nSPS) is 17.3. The number of aliphatic imine (C=N–C) groups is 1. The van der Waals surface area contributed by atoms with E-state index in [-0.39, 0.29) is 30.0 Å².